The standard InChI is InChI=1S/C16H15N5O3/c1-7-10-11(8-3-5-9(24-2)6-4-8)12-13(17-14(10)21-20-7)18-16(23)19-15(12)22/h3-6,11H,1-2H3,(H4,17,18,19,20,21,22,23). The first-order chi connectivity index (χ1) is 11.6. The van der Waals surface area contributed by atoms with Crippen molar-refractivity contribution >= 4 is 11.6 Å². The lowest BCUT2D eigenvalue weighted by atomic mass is 9.83. The third kappa shape index (κ3) is 2.03. The van der Waals surface area contributed by atoms with Crippen molar-refractivity contribution in [2.45, 2.75) is 12.8 Å². The van der Waals surface area contributed by atoms with Gasteiger partial charge in [-0.25, -0.2) is 4.79 Å². The van der Waals surface area contributed by atoms with E-state index >= 15 is 0 Å². The number of nitrogens with zero attached hydrogens (tertiary/aromatic N) is 1. The zero-order valence-electron chi connectivity index (χ0n) is 13.1. The van der Waals surface area contributed by atoms with Gasteiger partial charge in [-0.05, 0) is 24.6 Å². The summed E-state index contributed by atoms with van der Waals surface area (Å²) in [7, 11) is 1.60. The maximum Gasteiger partial charge on any atom is 0.327 e. The summed E-state index contributed by atoms with van der Waals surface area (Å²) in [6.07, 6.45) is 0. The third-order valence-corrected chi connectivity index (χ3v) is 4.24. The van der Waals surface area contributed by atoms with Crippen molar-refractivity contribution in [3.05, 3.63) is 67.5 Å². The number of aromatic amines is 3. The van der Waals surface area contributed by atoms with Gasteiger partial charge < -0.3 is 10.1 Å². The molecule has 4 rings (SSSR count). The molecular formula is C16H15N5O3. The largest absolute Gasteiger partial charge is 0.497 e. The van der Waals surface area contributed by atoms with Gasteiger partial charge in [0.1, 0.15) is 11.6 Å². The highest BCUT2D eigenvalue weighted by Gasteiger charge is 2.33. The Morgan fingerprint density at radius 1 is 1.08 bits per heavy atom. The Balaban J connectivity index is 1.99. The molecule has 8 heteroatoms. The van der Waals surface area contributed by atoms with Crippen molar-refractivity contribution in [3.63, 3.8) is 0 Å². The fraction of sp³-hybridized carbons (Fsp3) is 0.188. The fourth-order valence-corrected chi connectivity index (χ4v) is 3.15. The van der Waals surface area contributed by atoms with E-state index in [0.717, 1.165) is 22.6 Å². The molecule has 2 aromatic heterocycles. The van der Waals surface area contributed by atoms with Crippen LogP contribution in [-0.2, 0) is 0 Å². The Labute approximate surface area is 135 Å². The second kappa shape index (κ2) is 5.12. The summed E-state index contributed by atoms with van der Waals surface area (Å²) in [6.45, 7) is 1.90. The summed E-state index contributed by atoms with van der Waals surface area (Å²) < 4.78 is 5.20. The number of methoxy groups -OCH3 is 1. The van der Waals surface area contributed by atoms with E-state index < -0.39 is 11.2 Å². The number of aromatic nitrogens is 4. The van der Waals surface area contributed by atoms with Crippen molar-refractivity contribution in [1.29, 1.82) is 0 Å². The van der Waals surface area contributed by atoms with Gasteiger partial charge in [0, 0.05) is 17.2 Å². The fourth-order valence-electron chi connectivity index (χ4n) is 3.15. The molecule has 122 valence electrons. The van der Waals surface area contributed by atoms with Crippen LogP contribution in [0.4, 0.5) is 11.6 Å². The van der Waals surface area contributed by atoms with Crippen LogP contribution in [0.3, 0.4) is 0 Å². The van der Waals surface area contributed by atoms with E-state index in [0.29, 0.717) is 17.2 Å². The van der Waals surface area contributed by atoms with Crippen LogP contribution >= 0.6 is 0 Å². The molecule has 0 spiro atoms. The lowest BCUT2D eigenvalue weighted by Crippen LogP contribution is -2.31. The van der Waals surface area contributed by atoms with Gasteiger partial charge in [-0.3, -0.25) is 19.9 Å². The first-order valence-electron chi connectivity index (χ1n) is 7.41. The van der Waals surface area contributed by atoms with Crippen molar-refractivity contribution in [2.24, 2.45) is 0 Å². The Morgan fingerprint density at radius 2 is 1.83 bits per heavy atom. The van der Waals surface area contributed by atoms with Gasteiger partial charge in [-0.1, -0.05) is 12.1 Å². The molecule has 3 heterocycles. The van der Waals surface area contributed by atoms with E-state index in [9.17, 15) is 9.59 Å². The van der Waals surface area contributed by atoms with Gasteiger partial charge in [0.15, 0.2) is 5.82 Å². The lowest BCUT2D eigenvalue weighted by molar-refractivity contribution is 0.414. The molecule has 0 aliphatic carbocycles. The van der Waals surface area contributed by atoms with E-state index in [1.54, 1.807) is 7.11 Å². The minimum Gasteiger partial charge on any atom is -0.497 e. The third-order valence-electron chi connectivity index (χ3n) is 4.24. The Bertz CT molecular complexity index is 1030. The molecule has 4 N–H and O–H groups in total. The molecule has 0 amide bonds. The maximum atomic E-state index is 12.5. The number of aryl methyl sites for hydroxylation is 1. The molecule has 1 aliphatic rings. The zero-order valence-corrected chi connectivity index (χ0v) is 13.1. The smallest absolute Gasteiger partial charge is 0.327 e. The van der Waals surface area contributed by atoms with Crippen LogP contribution in [-0.4, -0.2) is 27.3 Å². The number of fused-ring (bicyclic) bond motifs is 2. The predicted octanol–water partition coefficient (Wildman–Crippen LogP) is 1.34. The van der Waals surface area contributed by atoms with E-state index in [4.69, 9.17) is 4.74 Å². The second-order valence-corrected chi connectivity index (χ2v) is 5.64. The highest BCUT2D eigenvalue weighted by Crippen LogP contribution is 2.42. The quantitative estimate of drug-likeness (QED) is 0.444. The second-order valence-electron chi connectivity index (χ2n) is 5.64. The molecule has 1 atom stereocenters. The molecule has 24 heavy (non-hydrogen) atoms. The molecule has 0 bridgehead atoms. The molecule has 0 fully saturated rings. The van der Waals surface area contributed by atoms with Gasteiger partial charge in [0.2, 0.25) is 0 Å². The number of nitrogens with one attached hydrogen (secondary N) is 4. The zero-order chi connectivity index (χ0) is 16.8. The Morgan fingerprint density at radius 3 is 2.54 bits per heavy atom. The first kappa shape index (κ1) is 14.3. The molecular weight excluding hydrogens is 310 g/mol. The number of hydrogen-bond acceptors (Lipinski definition) is 5. The topological polar surface area (TPSA) is 116 Å². The molecule has 0 radical (unpaired) electrons. The van der Waals surface area contributed by atoms with E-state index in [2.05, 4.69) is 25.5 Å². The van der Waals surface area contributed by atoms with Crippen LogP contribution in [0.15, 0.2) is 33.9 Å². The number of rotatable bonds is 2. The van der Waals surface area contributed by atoms with Gasteiger partial charge in [-0.15, -0.1) is 0 Å². The van der Waals surface area contributed by atoms with Gasteiger partial charge in [-0.2, -0.15) is 5.10 Å². The highest BCUT2D eigenvalue weighted by molar-refractivity contribution is 5.71. The van der Waals surface area contributed by atoms with Gasteiger partial charge >= 0.3 is 5.69 Å². The number of benzene rings is 1. The molecule has 8 nitrogen and oxygen atoms in total. The monoisotopic (exact) mass is 325 g/mol. The molecule has 3 aromatic rings. The maximum absolute atomic E-state index is 12.5. The van der Waals surface area contributed by atoms with Gasteiger partial charge in [0.25, 0.3) is 5.56 Å². The van der Waals surface area contributed by atoms with Crippen molar-refractivity contribution in [2.75, 3.05) is 12.4 Å². The molecule has 0 saturated heterocycles. The lowest BCUT2D eigenvalue weighted by Gasteiger charge is -2.25. The minimum atomic E-state index is -0.560. The van der Waals surface area contributed by atoms with Crippen LogP contribution in [0.5, 0.6) is 5.75 Å². The summed E-state index contributed by atoms with van der Waals surface area (Å²) in [4.78, 5) is 29.0. The molecule has 1 aliphatic heterocycles. The summed E-state index contributed by atoms with van der Waals surface area (Å²) in [6, 6.07) is 7.48. The van der Waals surface area contributed by atoms with Gasteiger partial charge in [0.05, 0.1) is 12.7 Å². The summed E-state index contributed by atoms with van der Waals surface area (Å²) in [5.74, 6) is 1.35. The van der Waals surface area contributed by atoms with Crippen molar-refractivity contribution in [3.8, 4) is 5.75 Å². The SMILES string of the molecule is COc1ccc(C2c3c(n[nH]c3C)Nc3[nH]c(=O)[nH]c(=O)c32)cc1. The number of anilines is 2. The van der Waals surface area contributed by atoms with Crippen LogP contribution in [0.2, 0.25) is 0 Å². The van der Waals surface area contributed by atoms with Crippen LogP contribution in [0.25, 0.3) is 0 Å². The molecule has 1 aromatic carbocycles. The first-order valence-corrected chi connectivity index (χ1v) is 7.41. The summed E-state index contributed by atoms with van der Waals surface area (Å²) >= 11 is 0. The van der Waals surface area contributed by atoms with Crippen LogP contribution in [0, 0.1) is 6.92 Å². The van der Waals surface area contributed by atoms with Crippen molar-refractivity contribution in [1.82, 2.24) is 20.2 Å². The van der Waals surface area contributed by atoms with E-state index in [1.165, 1.54) is 0 Å². The molecule has 0 saturated carbocycles. The van der Waals surface area contributed by atoms with Crippen LogP contribution in [0.1, 0.15) is 28.3 Å². The van der Waals surface area contributed by atoms with E-state index in [1.807, 2.05) is 31.2 Å². The normalized spacial score (nSPS) is 15.3. The highest BCUT2D eigenvalue weighted by atomic mass is 16.5. The minimum absolute atomic E-state index is 0.346. The Kier molecular flexibility index (Phi) is 3.05. The van der Waals surface area contributed by atoms with Crippen LogP contribution < -0.4 is 21.3 Å². The number of H-pyrrole nitrogens is 3. The average molecular weight is 325 g/mol. The number of hydrogen-bond donors (Lipinski definition) is 4. The summed E-state index contributed by atoms with van der Waals surface area (Å²) in [5, 5.41) is 10.2. The Hall–Kier alpha value is -3.29. The number of ether oxygens (including phenoxy) is 1. The average Bonchev–Trinajstić information content (AvgIpc) is 2.94. The van der Waals surface area contributed by atoms with E-state index in [-0.39, 0.29) is 5.92 Å². The molecule has 1 unspecified atom stereocenters. The van der Waals surface area contributed by atoms with Crippen molar-refractivity contribution < 1.29 is 4.74 Å². The summed E-state index contributed by atoms with van der Waals surface area (Å²) in [5.41, 5.74) is 2.11. The predicted molar refractivity (Wildman–Crippen MR) is 88.2 cm³/mol.